The van der Waals surface area contributed by atoms with Crippen molar-refractivity contribution in [1.29, 1.82) is 0 Å². The molecule has 0 bridgehead atoms. The molecule has 0 radical (unpaired) electrons. The molecule has 0 fully saturated rings. The lowest BCUT2D eigenvalue weighted by Crippen LogP contribution is -2.00. The number of carbonyl (C=O) groups is 1. The quantitative estimate of drug-likeness (QED) is 0.692. The van der Waals surface area contributed by atoms with Gasteiger partial charge in [-0.05, 0) is 35.9 Å². The van der Waals surface area contributed by atoms with Crippen molar-refractivity contribution in [2.24, 2.45) is 0 Å². The summed E-state index contributed by atoms with van der Waals surface area (Å²) in [6.45, 7) is 0.285. The predicted molar refractivity (Wildman–Crippen MR) is 95.7 cm³/mol. The molecular weight excluding hydrogens is 318 g/mol. The van der Waals surface area contributed by atoms with E-state index >= 15 is 0 Å². The number of carboxylic acids is 1. The second-order valence-corrected chi connectivity index (χ2v) is 5.36. The first-order valence-corrected chi connectivity index (χ1v) is 7.72. The van der Waals surface area contributed by atoms with Crippen LogP contribution in [0.15, 0.2) is 60.8 Å². The third-order valence-corrected chi connectivity index (χ3v) is 3.70. The fourth-order valence-corrected chi connectivity index (χ4v) is 2.53. The molecule has 3 aromatic rings. The van der Waals surface area contributed by atoms with Gasteiger partial charge in [-0.2, -0.15) is 0 Å². The second kappa shape index (κ2) is 7.49. The number of benzene rings is 2. The van der Waals surface area contributed by atoms with Crippen molar-refractivity contribution in [3.8, 4) is 11.5 Å². The van der Waals surface area contributed by atoms with Crippen LogP contribution in [0.3, 0.4) is 0 Å². The van der Waals surface area contributed by atoms with Crippen LogP contribution in [0.2, 0.25) is 0 Å². The molecule has 0 saturated carbocycles. The Morgan fingerprint density at radius 1 is 1.16 bits per heavy atom. The van der Waals surface area contributed by atoms with Crippen molar-refractivity contribution < 1.29 is 19.4 Å². The van der Waals surface area contributed by atoms with Crippen LogP contribution >= 0.6 is 0 Å². The van der Waals surface area contributed by atoms with Crippen LogP contribution in [0.4, 0.5) is 0 Å². The molecule has 3 rings (SSSR count). The highest BCUT2D eigenvalue weighted by Crippen LogP contribution is 2.26. The van der Waals surface area contributed by atoms with E-state index in [-0.39, 0.29) is 6.61 Å². The highest BCUT2D eigenvalue weighted by Gasteiger charge is 2.07. The van der Waals surface area contributed by atoms with E-state index in [0.717, 1.165) is 28.1 Å². The van der Waals surface area contributed by atoms with E-state index in [4.69, 9.17) is 14.6 Å². The van der Waals surface area contributed by atoms with Gasteiger partial charge in [-0.3, -0.25) is 4.98 Å². The molecule has 5 heteroatoms. The van der Waals surface area contributed by atoms with E-state index in [9.17, 15) is 4.79 Å². The number of aromatic nitrogens is 1. The Bertz CT molecular complexity index is 929. The fourth-order valence-electron chi connectivity index (χ4n) is 2.53. The summed E-state index contributed by atoms with van der Waals surface area (Å²) >= 11 is 0. The summed E-state index contributed by atoms with van der Waals surface area (Å²) in [6, 6.07) is 15.1. The van der Waals surface area contributed by atoms with Gasteiger partial charge in [-0.1, -0.05) is 24.3 Å². The summed E-state index contributed by atoms with van der Waals surface area (Å²) in [4.78, 5) is 15.0. The zero-order valence-corrected chi connectivity index (χ0v) is 13.7. The first kappa shape index (κ1) is 16.5. The molecule has 1 N–H and O–H groups in total. The highest BCUT2D eigenvalue weighted by atomic mass is 16.5. The van der Waals surface area contributed by atoms with Gasteiger partial charge in [0.15, 0.2) is 0 Å². The molecule has 0 atom stereocenters. The summed E-state index contributed by atoms with van der Waals surface area (Å²) in [5.41, 5.74) is 2.38. The minimum atomic E-state index is -0.990. The van der Waals surface area contributed by atoms with E-state index in [0.29, 0.717) is 11.5 Å². The normalized spacial score (nSPS) is 10.9. The molecule has 0 amide bonds. The number of para-hydroxylation sites is 1. The van der Waals surface area contributed by atoms with E-state index < -0.39 is 5.97 Å². The summed E-state index contributed by atoms with van der Waals surface area (Å²) in [7, 11) is 1.59. The number of hydrogen-bond acceptors (Lipinski definition) is 4. The molecule has 1 aromatic heterocycles. The number of pyridine rings is 1. The number of methoxy groups -OCH3 is 1. The maximum Gasteiger partial charge on any atom is 0.328 e. The van der Waals surface area contributed by atoms with Crippen molar-refractivity contribution in [3.63, 3.8) is 0 Å². The maximum atomic E-state index is 10.7. The lowest BCUT2D eigenvalue weighted by atomic mass is 10.1. The molecule has 0 saturated heterocycles. The van der Waals surface area contributed by atoms with E-state index in [1.165, 1.54) is 6.08 Å². The van der Waals surface area contributed by atoms with Gasteiger partial charge in [0.1, 0.15) is 23.6 Å². The van der Waals surface area contributed by atoms with Gasteiger partial charge in [0, 0.05) is 23.2 Å². The Kier molecular flexibility index (Phi) is 4.95. The van der Waals surface area contributed by atoms with Gasteiger partial charge in [0.05, 0.1) is 7.11 Å². The van der Waals surface area contributed by atoms with Gasteiger partial charge >= 0.3 is 5.97 Å². The van der Waals surface area contributed by atoms with Crippen molar-refractivity contribution in [2.45, 2.75) is 6.61 Å². The first-order chi connectivity index (χ1) is 12.2. The van der Waals surface area contributed by atoms with Crippen LogP contribution in [0, 0.1) is 0 Å². The summed E-state index contributed by atoms with van der Waals surface area (Å²) < 4.78 is 11.3. The van der Waals surface area contributed by atoms with Crippen LogP contribution in [-0.2, 0) is 11.4 Å². The van der Waals surface area contributed by atoms with Gasteiger partial charge in [0.2, 0.25) is 0 Å². The first-order valence-electron chi connectivity index (χ1n) is 7.72. The zero-order valence-electron chi connectivity index (χ0n) is 13.7. The van der Waals surface area contributed by atoms with E-state index in [2.05, 4.69) is 4.98 Å². The zero-order chi connectivity index (χ0) is 17.6. The largest absolute Gasteiger partial charge is 0.496 e. The molecule has 126 valence electrons. The lowest BCUT2D eigenvalue weighted by molar-refractivity contribution is -0.131. The minimum Gasteiger partial charge on any atom is -0.496 e. The average Bonchev–Trinajstić information content (AvgIpc) is 2.64. The number of aliphatic carboxylic acids is 1. The minimum absolute atomic E-state index is 0.285. The number of carboxylic acid groups (broad SMARTS) is 1. The van der Waals surface area contributed by atoms with Gasteiger partial charge < -0.3 is 14.6 Å². The second-order valence-electron chi connectivity index (χ2n) is 5.36. The highest BCUT2D eigenvalue weighted by molar-refractivity contribution is 5.85. The van der Waals surface area contributed by atoms with Crippen LogP contribution in [-0.4, -0.2) is 23.2 Å². The van der Waals surface area contributed by atoms with Crippen LogP contribution in [0.1, 0.15) is 11.1 Å². The van der Waals surface area contributed by atoms with Crippen molar-refractivity contribution in [2.75, 3.05) is 7.11 Å². The van der Waals surface area contributed by atoms with Gasteiger partial charge in [-0.25, -0.2) is 4.79 Å². The fraction of sp³-hybridized carbons (Fsp3) is 0.100. The number of nitrogens with zero attached hydrogens (tertiary/aromatic N) is 1. The Morgan fingerprint density at radius 3 is 2.80 bits per heavy atom. The molecule has 0 aliphatic heterocycles. The molecule has 2 aromatic carbocycles. The molecule has 1 heterocycles. The third kappa shape index (κ3) is 3.95. The molecule has 0 aliphatic carbocycles. The predicted octanol–water partition coefficient (Wildman–Crippen LogP) is 3.92. The molecule has 25 heavy (non-hydrogen) atoms. The smallest absolute Gasteiger partial charge is 0.328 e. The standard InChI is InChI=1S/C20H17NO4/c1-24-17-9-7-14(8-10-19(22)23)12-16(17)13-25-18-6-2-4-15-5-3-11-21-20(15)18/h2-12H,13H2,1H3,(H,22,23)/b10-8+. The van der Waals surface area contributed by atoms with Crippen LogP contribution < -0.4 is 9.47 Å². The Labute approximate surface area is 145 Å². The van der Waals surface area contributed by atoms with Crippen molar-refractivity contribution in [3.05, 3.63) is 71.9 Å². The van der Waals surface area contributed by atoms with Crippen LogP contribution in [0.25, 0.3) is 17.0 Å². The molecular formula is C20H17NO4. The number of fused-ring (bicyclic) bond motifs is 1. The average molecular weight is 335 g/mol. The SMILES string of the molecule is COc1ccc(/C=C/C(=O)O)cc1COc1cccc2cccnc12. The van der Waals surface area contributed by atoms with Crippen molar-refractivity contribution in [1.82, 2.24) is 4.98 Å². The maximum absolute atomic E-state index is 10.7. The third-order valence-electron chi connectivity index (χ3n) is 3.70. The van der Waals surface area contributed by atoms with E-state index in [1.807, 2.05) is 36.4 Å². The topological polar surface area (TPSA) is 68.7 Å². The van der Waals surface area contributed by atoms with Gasteiger partial charge in [0.25, 0.3) is 0 Å². The Morgan fingerprint density at radius 2 is 2.00 bits per heavy atom. The number of hydrogen-bond donors (Lipinski definition) is 1. The summed E-state index contributed by atoms with van der Waals surface area (Å²) in [5, 5.41) is 9.76. The Balaban J connectivity index is 1.86. The Hall–Kier alpha value is -3.34. The number of ether oxygens (including phenoxy) is 2. The van der Waals surface area contributed by atoms with Crippen molar-refractivity contribution >= 4 is 22.9 Å². The van der Waals surface area contributed by atoms with E-state index in [1.54, 1.807) is 25.4 Å². The van der Waals surface area contributed by atoms with Gasteiger partial charge in [-0.15, -0.1) is 0 Å². The molecule has 0 unspecified atom stereocenters. The number of rotatable bonds is 6. The molecule has 0 aliphatic rings. The monoisotopic (exact) mass is 335 g/mol. The molecule has 0 spiro atoms. The molecule has 5 nitrogen and oxygen atoms in total. The van der Waals surface area contributed by atoms with Crippen LogP contribution in [0.5, 0.6) is 11.5 Å². The summed E-state index contributed by atoms with van der Waals surface area (Å²) in [6.07, 6.45) is 4.36. The lowest BCUT2D eigenvalue weighted by Gasteiger charge is -2.12. The summed E-state index contributed by atoms with van der Waals surface area (Å²) in [5.74, 6) is 0.378.